The first-order chi connectivity index (χ1) is 10.9. The lowest BCUT2D eigenvalue weighted by Gasteiger charge is -2.03. The number of aromatic amines is 1. The fraction of sp³-hybridized carbons (Fsp3) is 0.118. The van der Waals surface area contributed by atoms with Crippen LogP contribution in [-0.4, -0.2) is 32.7 Å². The second-order valence-electron chi connectivity index (χ2n) is 5.01. The lowest BCUT2D eigenvalue weighted by molar-refractivity contribution is -0.135. The first-order valence-corrected chi connectivity index (χ1v) is 6.83. The molecule has 23 heavy (non-hydrogen) atoms. The molecule has 0 saturated heterocycles. The van der Waals surface area contributed by atoms with Crippen LogP contribution >= 0.6 is 0 Å². The molecule has 3 N–H and O–H groups in total. The summed E-state index contributed by atoms with van der Waals surface area (Å²) < 4.78 is 0. The van der Waals surface area contributed by atoms with Crippen LogP contribution in [0.2, 0.25) is 0 Å². The number of aliphatic carboxylic acids is 1. The van der Waals surface area contributed by atoms with Gasteiger partial charge in [0.25, 0.3) is 0 Å². The molecule has 118 valence electrons. The van der Waals surface area contributed by atoms with Gasteiger partial charge in [0.05, 0.1) is 5.69 Å². The summed E-state index contributed by atoms with van der Waals surface area (Å²) in [6, 6.07) is 8.72. The van der Waals surface area contributed by atoms with E-state index >= 15 is 0 Å². The highest BCUT2D eigenvalue weighted by Gasteiger charge is 2.14. The second kappa shape index (κ2) is 6.74. The Hall–Kier alpha value is -3.15. The third kappa shape index (κ3) is 3.94. The van der Waals surface area contributed by atoms with E-state index < -0.39 is 17.5 Å². The minimum absolute atomic E-state index is 0.0247. The summed E-state index contributed by atoms with van der Waals surface area (Å²) in [7, 11) is 0. The van der Waals surface area contributed by atoms with E-state index in [1.807, 2.05) is 0 Å². The number of rotatable bonds is 6. The Kier molecular flexibility index (Phi) is 4.75. The molecule has 1 aromatic heterocycles. The number of aliphatic hydroxyl groups excluding tert-OH is 1. The summed E-state index contributed by atoms with van der Waals surface area (Å²) in [5, 5.41) is 17.7. The maximum absolute atomic E-state index is 12.0. The van der Waals surface area contributed by atoms with Gasteiger partial charge in [0.1, 0.15) is 0 Å². The third-order valence-corrected chi connectivity index (χ3v) is 3.32. The fourth-order valence-corrected chi connectivity index (χ4v) is 2.11. The van der Waals surface area contributed by atoms with Gasteiger partial charge in [0.15, 0.2) is 5.78 Å². The molecule has 0 aliphatic heterocycles. The molecule has 6 heteroatoms. The molecule has 0 amide bonds. The molecule has 1 aromatic carbocycles. The predicted octanol–water partition coefficient (Wildman–Crippen LogP) is 2.52. The highest BCUT2D eigenvalue weighted by Crippen LogP contribution is 2.16. The van der Waals surface area contributed by atoms with E-state index in [4.69, 9.17) is 10.2 Å². The fourth-order valence-electron chi connectivity index (χ4n) is 2.11. The van der Waals surface area contributed by atoms with E-state index in [0.29, 0.717) is 23.6 Å². The topological polar surface area (TPSA) is 107 Å². The van der Waals surface area contributed by atoms with Gasteiger partial charge in [-0.3, -0.25) is 9.59 Å². The van der Waals surface area contributed by atoms with E-state index in [0.717, 1.165) is 5.56 Å². The van der Waals surface area contributed by atoms with Crippen molar-refractivity contribution in [2.24, 2.45) is 0 Å². The Balaban J connectivity index is 2.21. The van der Waals surface area contributed by atoms with Crippen molar-refractivity contribution in [3.63, 3.8) is 0 Å². The average Bonchev–Trinajstić information content (AvgIpc) is 2.95. The Morgan fingerprint density at radius 3 is 2.30 bits per heavy atom. The van der Waals surface area contributed by atoms with E-state index in [1.165, 1.54) is 6.92 Å². The van der Waals surface area contributed by atoms with E-state index in [1.54, 1.807) is 36.5 Å². The van der Waals surface area contributed by atoms with Crippen LogP contribution in [-0.2, 0) is 11.2 Å². The molecular formula is C17H15NO5. The van der Waals surface area contributed by atoms with Crippen molar-refractivity contribution in [3.05, 3.63) is 70.7 Å². The standard InChI is InChI=1S/C17H15NO5/c1-10(19)12-4-2-11(3-5-12)8-13-6-7-18-16(13)14(20)9-15(21)17(22)23/h2-7,9,18,21H,8H2,1H3,(H,22,23)/b15-9-. The smallest absolute Gasteiger partial charge is 0.371 e. The highest BCUT2D eigenvalue weighted by molar-refractivity contribution is 6.07. The minimum atomic E-state index is -1.56. The number of ketones is 2. The number of carboxylic acid groups (broad SMARTS) is 1. The first-order valence-electron chi connectivity index (χ1n) is 6.83. The van der Waals surface area contributed by atoms with Gasteiger partial charge < -0.3 is 15.2 Å². The third-order valence-electron chi connectivity index (χ3n) is 3.32. The molecule has 0 atom stereocenters. The second-order valence-corrected chi connectivity index (χ2v) is 5.01. The van der Waals surface area contributed by atoms with Gasteiger partial charge in [0.2, 0.25) is 11.5 Å². The van der Waals surface area contributed by atoms with E-state index in [-0.39, 0.29) is 11.5 Å². The van der Waals surface area contributed by atoms with E-state index in [9.17, 15) is 14.4 Å². The maximum atomic E-state index is 12.0. The largest absolute Gasteiger partial charge is 0.502 e. The summed E-state index contributed by atoms with van der Waals surface area (Å²) in [5.74, 6) is -3.22. The van der Waals surface area contributed by atoms with Gasteiger partial charge in [-0.15, -0.1) is 0 Å². The number of benzene rings is 1. The summed E-state index contributed by atoms with van der Waals surface area (Å²) in [4.78, 5) is 36.6. The zero-order valence-electron chi connectivity index (χ0n) is 12.4. The number of carbonyl (C=O) groups is 3. The number of aromatic nitrogens is 1. The number of allylic oxidation sites excluding steroid dienone is 1. The summed E-state index contributed by atoms with van der Waals surface area (Å²) in [6.45, 7) is 1.49. The first kappa shape index (κ1) is 16.2. The van der Waals surface area contributed by atoms with Crippen LogP contribution in [0.25, 0.3) is 0 Å². The van der Waals surface area contributed by atoms with Gasteiger partial charge in [0, 0.05) is 17.8 Å². The molecule has 6 nitrogen and oxygen atoms in total. The van der Waals surface area contributed by atoms with Crippen LogP contribution in [0.15, 0.2) is 48.4 Å². The molecule has 0 unspecified atom stereocenters. The van der Waals surface area contributed by atoms with Crippen LogP contribution in [0, 0.1) is 0 Å². The molecule has 0 radical (unpaired) electrons. The maximum Gasteiger partial charge on any atom is 0.371 e. The average molecular weight is 313 g/mol. The number of carboxylic acids is 1. The van der Waals surface area contributed by atoms with Gasteiger partial charge >= 0.3 is 5.97 Å². The molecule has 2 rings (SSSR count). The zero-order valence-corrected chi connectivity index (χ0v) is 12.4. The molecule has 2 aromatic rings. The van der Waals surface area contributed by atoms with E-state index in [2.05, 4.69) is 4.98 Å². The predicted molar refractivity (Wildman–Crippen MR) is 82.7 cm³/mol. The summed E-state index contributed by atoms with van der Waals surface area (Å²) >= 11 is 0. The summed E-state index contributed by atoms with van der Waals surface area (Å²) in [5.41, 5.74) is 2.39. The van der Waals surface area contributed by atoms with Crippen molar-refractivity contribution < 1.29 is 24.6 Å². The van der Waals surface area contributed by atoms with Crippen molar-refractivity contribution in [2.75, 3.05) is 0 Å². The molecule has 0 spiro atoms. The molecule has 1 heterocycles. The Bertz CT molecular complexity index is 784. The normalized spacial score (nSPS) is 11.3. The molecule has 0 saturated carbocycles. The Morgan fingerprint density at radius 1 is 1.09 bits per heavy atom. The number of hydrogen-bond acceptors (Lipinski definition) is 4. The number of nitrogens with one attached hydrogen (secondary N) is 1. The van der Waals surface area contributed by atoms with Crippen LogP contribution in [0.4, 0.5) is 0 Å². The monoisotopic (exact) mass is 313 g/mol. The van der Waals surface area contributed by atoms with Crippen molar-refractivity contribution in [1.29, 1.82) is 0 Å². The zero-order chi connectivity index (χ0) is 17.0. The van der Waals surface area contributed by atoms with Crippen molar-refractivity contribution in [2.45, 2.75) is 13.3 Å². The SMILES string of the molecule is CC(=O)c1ccc(Cc2cc[nH]c2C(=O)/C=C(\O)C(=O)O)cc1. The Morgan fingerprint density at radius 2 is 1.74 bits per heavy atom. The molecule has 0 bridgehead atoms. The van der Waals surface area contributed by atoms with Gasteiger partial charge in [-0.2, -0.15) is 0 Å². The van der Waals surface area contributed by atoms with Gasteiger partial charge in [-0.05, 0) is 30.5 Å². The molecule has 0 fully saturated rings. The number of Topliss-reactive ketones (excluding diaryl/α,β-unsaturated/α-hetero) is 1. The number of carbonyl (C=O) groups excluding carboxylic acids is 2. The Labute approximate surface area is 132 Å². The van der Waals surface area contributed by atoms with Gasteiger partial charge in [-0.1, -0.05) is 24.3 Å². The van der Waals surface area contributed by atoms with Crippen LogP contribution in [0.1, 0.15) is 38.9 Å². The van der Waals surface area contributed by atoms with Crippen molar-refractivity contribution in [1.82, 2.24) is 4.98 Å². The lowest BCUT2D eigenvalue weighted by Crippen LogP contribution is -2.06. The number of H-pyrrole nitrogens is 1. The number of hydrogen-bond donors (Lipinski definition) is 3. The van der Waals surface area contributed by atoms with Crippen LogP contribution < -0.4 is 0 Å². The quantitative estimate of drug-likeness (QED) is 0.431. The molecule has 0 aliphatic rings. The molecule has 0 aliphatic carbocycles. The number of aliphatic hydroxyl groups is 1. The van der Waals surface area contributed by atoms with Crippen LogP contribution in [0.3, 0.4) is 0 Å². The van der Waals surface area contributed by atoms with Crippen molar-refractivity contribution in [3.8, 4) is 0 Å². The lowest BCUT2D eigenvalue weighted by atomic mass is 10.0. The highest BCUT2D eigenvalue weighted by atomic mass is 16.4. The minimum Gasteiger partial charge on any atom is -0.502 e. The molecular weight excluding hydrogens is 298 g/mol. The van der Waals surface area contributed by atoms with Crippen molar-refractivity contribution >= 4 is 17.5 Å². The van der Waals surface area contributed by atoms with Gasteiger partial charge in [-0.25, -0.2) is 4.79 Å². The summed E-state index contributed by atoms with van der Waals surface area (Å²) in [6.07, 6.45) is 2.67. The van der Waals surface area contributed by atoms with Crippen LogP contribution in [0.5, 0.6) is 0 Å².